The molecule has 0 saturated carbocycles. The highest BCUT2D eigenvalue weighted by Gasteiger charge is 2.19. The van der Waals surface area contributed by atoms with Gasteiger partial charge in [0.25, 0.3) is 10.0 Å². The molecule has 2 rings (SSSR count). The molecule has 0 heterocycles. The molecule has 122 valence electrons. The first-order valence-electron chi connectivity index (χ1n) is 6.20. The molecule has 2 N–H and O–H groups in total. The summed E-state index contributed by atoms with van der Waals surface area (Å²) in [6, 6.07) is 8.88. The summed E-state index contributed by atoms with van der Waals surface area (Å²) in [7, 11) is -2.57. The first-order chi connectivity index (χ1) is 10.8. The van der Waals surface area contributed by atoms with E-state index in [0.29, 0.717) is 10.0 Å². The molecular formula is C14H12BrClN2O4S. The highest BCUT2D eigenvalue weighted by molar-refractivity contribution is 9.10. The van der Waals surface area contributed by atoms with Gasteiger partial charge in [-0.1, -0.05) is 11.6 Å². The fourth-order valence-corrected chi connectivity index (χ4v) is 3.30. The van der Waals surface area contributed by atoms with E-state index in [1.807, 2.05) is 0 Å². The minimum absolute atomic E-state index is 0.0754. The van der Waals surface area contributed by atoms with E-state index in [9.17, 15) is 13.5 Å². The molecular weight excluding hydrogens is 408 g/mol. The lowest BCUT2D eigenvalue weighted by Crippen LogP contribution is -2.19. The Bertz CT molecular complexity index is 856. The van der Waals surface area contributed by atoms with Crippen molar-refractivity contribution in [3.8, 4) is 11.5 Å². The number of phenols is 1. The van der Waals surface area contributed by atoms with Crippen LogP contribution in [0.5, 0.6) is 11.5 Å². The largest absolute Gasteiger partial charge is 0.507 e. The number of benzene rings is 2. The predicted octanol–water partition coefficient (Wildman–Crippen LogP) is 3.13. The van der Waals surface area contributed by atoms with Gasteiger partial charge in [-0.15, -0.1) is 0 Å². The highest BCUT2D eigenvalue weighted by Crippen LogP contribution is 2.27. The van der Waals surface area contributed by atoms with E-state index in [4.69, 9.17) is 16.3 Å². The molecule has 0 amide bonds. The molecule has 0 saturated heterocycles. The molecule has 0 aliphatic rings. The summed E-state index contributed by atoms with van der Waals surface area (Å²) in [5, 5.41) is 13.4. The zero-order valence-electron chi connectivity index (χ0n) is 11.8. The second kappa shape index (κ2) is 7.20. The summed E-state index contributed by atoms with van der Waals surface area (Å²) in [5.41, 5.74) is 0.593. The van der Waals surface area contributed by atoms with Crippen LogP contribution in [0, 0.1) is 0 Å². The number of hydrogen-bond acceptors (Lipinski definition) is 5. The van der Waals surface area contributed by atoms with Crippen molar-refractivity contribution in [1.82, 2.24) is 4.83 Å². The molecule has 6 nitrogen and oxygen atoms in total. The second-order valence-electron chi connectivity index (χ2n) is 4.36. The number of nitrogens with zero attached hydrogens (tertiary/aromatic N) is 1. The Kier molecular flexibility index (Phi) is 5.51. The van der Waals surface area contributed by atoms with E-state index >= 15 is 0 Å². The molecule has 2 aromatic carbocycles. The van der Waals surface area contributed by atoms with Gasteiger partial charge in [0.05, 0.1) is 17.8 Å². The van der Waals surface area contributed by atoms with Crippen LogP contribution in [0.4, 0.5) is 0 Å². The van der Waals surface area contributed by atoms with Gasteiger partial charge < -0.3 is 9.84 Å². The van der Waals surface area contributed by atoms with E-state index in [-0.39, 0.29) is 21.4 Å². The Labute approximate surface area is 146 Å². The topological polar surface area (TPSA) is 88.0 Å². The fraction of sp³-hybridized carbons (Fsp3) is 0.0714. The number of hydrazone groups is 1. The van der Waals surface area contributed by atoms with Gasteiger partial charge in [-0.3, -0.25) is 0 Å². The smallest absolute Gasteiger partial charge is 0.280 e. The predicted molar refractivity (Wildman–Crippen MR) is 91.7 cm³/mol. The van der Waals surface area contributed by atoms with Crippen molar-refractivity contribution in [2.45, 2.75) is 4.90 Å². The Morgan fingerprint density at radius 1 is 1.30 bits per heavy atom. The molecule has 23 heavy (non-hydrogen) atoms. The van der Waals surface area contributed by atoms with Crippen LogP contribution in [0.3, 0.4) is 0 Å². The molecule has 0 unspecified atom stereocenters. The summed E-state index contributed by atoms with van der Waals surface area (Å²) in [6.07, 6.45) is 1.30. The maximum Gasteiger partial charge on any atom is 0.280 e. The molecule has 0 atom stereocenters. The first kappa shape index (κ1) is 17.6. The summed E-state index contributed by atoms with van der Waals surface area (Å²) in [6.45, 7) is 0. The summed E-state index contributed by atoms with van der Waals surface area (Å²) >= 11 is 8.99. The first-order valence-corrected chi connectivity index (χ1v) is 8.86. The van der Waals surface area contributed by atoms with Crippen molar-refractivity contribution >= 4 is 43.8 Å². The van der Waals surface area contributed by atoms with Gasteiger partial charge in [-0.05, 0) is 57.9 Å². The molecule has 0 aliphatic heterocycles. The number of aromatic hydroxyl groups is 1. The number of hydrogen-bond donors (Lipinski definition) is 2. The van der Waals surface area contributed by atoms with E-state index < -0.39 is 10.0 Å². The van der Waals surface area contributed by atoms with Crippen LogP contribution in [0.2, 0.25) is 5.02 Å². The number of halogens is 2. The highest BCUT2D eigenvalue weighted by atomic mass is 79.9. The zero-order valence-corrected chi connectivity index (χ0v) is 15.0. The summed E-state index contributed by atoms with van der Waals surface area (Å²) < 4.78 is 30.0. The molecule has 0 bridgehead atoms. The van der Waals surface area contributed by atoms with Crippen LogP contribution in [0.25, 0.3) is 0 Å². The summed E-state index contributed by atoms with van der Waals surface area (Å²) in [4.78, 5) is 1.97. The Morgan fingerprint density at radius 2 is 2.04 bits per heavy atom. The zero-order chi connectivity index (χ0) is 17.0. The lowest BCUT2D eigenvalue weighted by atomic mass is 10.2. The van der Waals surface area contributed by atoms with Crippen molar-refractivity contribution in [2.24, 2.45) is 5.10 Å². The number of rotatable bonds is 5. The van der Waals surface area contributed by atoms with Gasteiger partial charge >= 0.3 is 0 Å². The number of methoxy groups -OCH3 is 1. The fourth-order valence-electron chi connectivity index (χ4n) is 1.68. The van der Waals surface area contributed by atoms with Crippen LogP contribution in [-0.4, -0.2) is 26.8 Å². The van der Waals surface area contributed by atoms with Crippen LogP contribution >= 0.6 is 27.5 Å². The van der Waals surface area contributed by atoms with Crippen LogP contribution in [0.15, 0.2) is 50.9 Å². The average Bonchev–Trinajstić information content (AvgIpc) is 2.50. The molecule has 0 aliphatic carbocycles. The molecule has 0 fully saturated rings. The van der Waals surface area contributed by atoms with Gasteiger partial charge in [-0.2, -0.15) is 18.4 Å². The molecule has 0 spiro atoms. The van der Waals surface area contributed by atoms with E-state index in [1.54, 1.807) is 12.1 Å². The van der Waals surface area contributed by atoms with Crippen LogP contribution in [-0.2, 0) is 10.0 Å². The number of phenolic OH excluding ortho intramolecular Hbond substituents is 1. The van der Waals surface area contributed by atoms with Crippen molar-refractivity contribution in [2.75, 3.05) is 7.11 Å². The van der Waals surface area contributed by atoms with E-state index in [1.165, 1.54) is 37.6 Å². The van der Waals surface area contributed by atoms with Gasteiger partial charge in [0.15, 0.2) is 0 Å². The van der Waals surface area contributed by atoms with Gasteiger partial charge in [-0.25, -0.2) is 0 Å². The third-order valence-corrected chi connectivity index (χ3v) is 4.89. The third-order valence-electron chi connectivity index (χ3n) is 2.77. The standard InChI is InChI=1S/C14H12BrClN2O4S/c1-22-13-5-3-10(16)7-14(13)23(20,21)18-17-8-9-2-4-12(19)11(15)6-9/h2-8,18-19H,1H3/b17-8+. The lowest BCUT2D eigenvalue weighted by molar-refractivity contribution is 0.402. The third kappa shape index (κ3) is 4.37. The maximum absolute atomic E-state index is 12.3. The normalized spacial score (nSPS) is 11.6. The Hall–Kier alpha value is -1.77. The summed E-state index contributed by atoms with van der Waals surface area (Å²) in [5.74, 6) is 0.232. The van der Waals surface area contributed by atoms with Crippen molar-refractivity contribution in [3.05, 3.63) is 51.5 Å². The van der Waals surface area contributed by atoms with Crippen LogP contribution < -0.4 is 9.57 Å². The number of ether oxygens (including phenoxy) is 1. The van der Waals surface area contributed by atoms with Crippen molar-refractivity contribution < 1.29 is 18.3 Å². The maximum atomic E-state index is 12.3. The minimum Gasteiger partial charge on any atom is -0.507 e. The minimum atomic E-state index is -3.93. The van der Waals surface area contributed by atoms with Crippen molar-refractivity contribution in [3.63, 3.8) is 0 Å². The average molecular weight is 420 g/mol. The number of nitrogens with one attached hydrogen (secondary N) is 1. The second-order valence-corrected chi connectivity index (χ2v) is 7.28. The monoisotopic (exact) mass is 418 g/mol. The van der Waals surface area contributed by atoms with Gasteiger partial charge in [0.1, 0.15) is 16.4 Å². The molecule has 0 aromatic heterocycles. The van der Waals surface area contributed by atoms with E-state index in [0.717, 1.165) is 0 Å². The van der Waals surface area contributed by atoms with E-state index in [2.05, 4.69) is 25.9 Å². The van der Waals surface area contributed by atoms with Gasteiger partial charge in [0.2, 0.25) is 0 Å². The lowest BCUT2D eigenvalue weighted by Gasteiger charge is -2.09. The van der Waals surface area contributed by atoms with Crippen molar-refractivity contribution in [1.29, 1.82) is 0 Å². The molecule has 2 aromatic rings. The van der Waals surface area contributed by atoms with Gasteiger partial charge in [0, 0.05) is 5.02 Å². The quantitative estimate of drug-likeness (QED) is 0.576. The number of sulfonamides is 1. The molecule has 9 heteroatoms. The Morgan fingerprint density at radius 3 is 2.70 bits per heavy atom. The molecule has 0 radical (unpaired) electrons. The van der Waals surface area contributed by atoms with Crippen LogP contribution in [0.1, 0.15) is 5.56 Å². The SMILES string of the molecule is COc1ccc(Cl)cc1S(=O)(=O)N/N=C/c1ccc(O)c(Br)c1. The Balaban J connectivity index is 2.23.